The van der Waals surface area contributed by atoms with E-state index in [4.69, 9.17) is 27.9 Å². The van der Waals surface area contributed by atoms with E-state index in [1.165, 1.54) is 12.5 Å². The highest BCUT2D eigenvalue weighted by atomic mass is 35.5. The highest BCUT2D eigenvalue weighted by Crippen LogP contribution is 2.40. The van der Waals surface area contributed by atoms with Gasteiger partial charge in [-0.1, -0.05) is 35.3 Å². The van der Waals surface area contributed by atoms with Gasteiger partial charge in [-0.2, -0.15) is 0 Å². The van der Waals surface area contributed by atoms with Crippen molar-refractivity contribution in [2.75, 3.05) is 31.1 Å². The van der Waals surface area contributed by atoms with Crippen LogP contribution in [0.1, 0.15) is 31.0 Å². The molecule has 0 atom stereocenters. The number of nitrogens with zero attached hydrogens (tertiary/aromatic N) is 3. The Bertz CT molecular complexity index is 855. The minimum Gasteiger partial charge on any atom is -0.457 e. The van der Waals surface area contributed by atoms with E-state index >= 15 is 0 Å². The van der Waals surface area contributed by atoms with Gasteiger partial charge in [0.25, 0.3) is 0 Å². The number of esters is 1. The normalized spacial score (nSPS) is 19.1. The predicted octanol–water partition coefficient (Wildman–Crippen LogP) is 4.13. The first-order valence-corrected chi connectivity index (χ1v) is 10.1. The van der Waals surface area contributed by atoms with E-state index < -0.39 is 0 Å². The van der Waals surface area contributed by atoms with Crippen LogP contribution in [0.4, 0.5) is 5.69 Å². The average Bonchev–Trinajstić information content (AvgIpc) is 2.55. The summed E-state index contributed by atoms with van der Waals surface area (Å²) in [5, 5.41) is 1.38. The molecule has 1 aromatic carbocycles. The maximum Gasteiger partial charge on any atom is 0.303 e. The lowest BCUT2D eigenvalue weighted by Crippen LogP contribution is -2.61. The van der Waals surface area contributed by atoms with E-state index in [0.29, 0.717) is 16.0 Å². The number of anilines is 1. The number of benzene rings is 1. The van der Waals surface area contributed by atoms with Crippen molar-refractivity contribution in [2.45, 2.75) is 31.9 Å². The summed E-state index contributed by atoms with van der Waals surface area (Å²) in [6.45, 7) is 7.45. The van der Waals surface area contributed by atoms with E-state index in [2.05, 4.69) is 26.9 Å². The van der Waals surface area contributed by atoms with Crippen molar-refractivity contribution in [1.29, 1.82) is 0 Å². The van der Waals surface area contributed by atoms with Crippen LogP contribution in [0.2, 0.25) is 10.0 Å². The molecule has 0 aliphatic carbocycles. The minimum absolute atomic E-state index is 0.225. The van der Waals surface area contributed by atoms with Crippen molar-refractivity contribution in [2.24, 2.45) is 0 Å². The van der Waals surface area contributed by atoms with Gasteiger partial charge in [-0.3, -0.25) is 14.7 Å². The molecule has 1 aromatic heterocycles. The average molecular weight is 420 g/mol. The van der Waals surface area contributed by atoms with Gasteiger partial charge >= 0.3 is 5.97 Å². The Balaban J connectivity index is 1.30. The van der Waals surface area contributed by atoms with Crippen LogP contribution < -0.4 is 4.90 Å². The fourth-order valence-corrected chi connectivity index (χ4v) is 4.72. The zero-order valence-corrected chi connectivity index (χ0v) is 17.5. The number of carbonyl (C=O) groups excluding carboxylic acids is 1. The van der Waals surface area contributed by atoms with Crippen molar-refractivity contribution >= 4 is 34.9 Å². The molecule has 4 rings (SSSR count). The van der Waals surface area contributed by atoms with Crippen LogP contribution in [0.15, 0.2) is 36.5 Å². The molecule has 2 aliphatic heterocycles. The van der Waals surface area contributed by atoms with Crippen molar-refractivity contribution in [3.63, 3.8) is 0 Å². The van der Waals surface area contributed by atoms with Gasteiger partial charge in [0.1, 0.15) is 5.60 Å². The Morgan fingerprint density at radius 3 is 2.46 bits per heavy atom. The zero-order chi connectivity index (χ0) is 19.9. The second-order valence-corrected chi connectivity index (χ2v) is 8.76. The molecule has 3 heterocycles. The third kappa shape index (κ3) is 3.97. The van der Waals surface area contributed by atoms with Crippen LogP contribution >= 0.6 is 23.2 Å². The van der Waals surface area contributed by atoms with E-state index in [0.717, 1.165) is 44.1 Å². The number of hydrogen-bond donors (Lipinski definition) is 0. The van der Waals surface area contributed by atoms with E-state index in [1.54, 1.807) is 0 Å². The number of pyridine rings is 1. The topological polar surface area (TPSA) is 45.7 Å². The van der Waals surface area contributed by atoms with Crippen LogP contribution in [0.5, 0.6) is 0 Å². The zero-order valence-electron chi connectivity index (χ0n) is 16.0. The molecule has 0 bridgehead atoms. The maximum atomic E-state index is 11.1. The quantitative estimate of drug-likeness (QED) is 0.681. The molecule has 2 saturated heterocycles. The molecule has 2 aliphatic rings. The number of hydrogen-bond acceptors (Lipinski definition) is 5. The molecule has 0 unspecified atom stereocenters. The fourth-order valence-electron chi connectivity index (χ4n) is 4.09. The SMILES string of the molecule is CC(=O)OC1(C)CN(Cc2ccc(C3CN(c4c(Cl)cccc4Cl)C3)cn2)C1. The van der Waals surface area contributed by atoms with E-state index in [1.807, 2.05) is 31.3 Å². The first-order chi connectivity index (χ1) is 13.3. The standard InChI is InChI=1S/C21H23Cl2N3O2/c1-14(27)28-21(2)12-25(13-21)11-17-7-6-15(8-24-17)16-9-26(10-16)20-18(22)4-3-5-19(20)23/h3-8,16H,9-13H2,1-2H3. The third-order valence-electron chi connectivity index (χ3n) is 5.35. The first-order valence-electron chi connectivity index (χ1n) is 9.39. The van der Waals surface area contributed by atoms with E-state index in [9.17, 15) is 4.79 Å². The van der Waals surface area contributed by atoms with Gasteiger partial charge in [-0.25, -0.2) is 0 Å². The van der Waals surface area contributed by atoms with Crippen LogP contribution in [0.3, 0.4) is 0 Å². The summed E-state index contributed by atoms with van der Waals surface area (Å²) >= 11 is 12.6. The van der Waals surface area contributed by atoms with Gasteiger partial charge in [0.15, 0.2) is 0 Å². The maximum absolute atomic E-state index is 11.1. The molecule has 148 valence electrons. The van der Waals surface area contributed by atoms with Crippen molar-refractivity contribution in [3.8, 4) is 0 Å². The van der Waals surface area contributed by atoms with E-state index in [-0.39, 0.29) is 11.6 Å². The number of likely N-dealkylation sites (tertiary alicyclic amines) is 1. The summed E-state index contributed by atoms with van der Waals surface area (Å²) in [6.07, 6.45) is 1.97. The first kappa shape index (κ1) is 19.5. The number of aromatic nitrogens is 1. The lowest BCUT2D eigenvalue weighted by Gasteiger charge is -2.46. The second-order valence-electron chi connectivity index (χ2n) is 7.94. The second kappa shape index (κ2) is 7.54. The molecular weight excluding hydrogens is 397 g/mol. The molecule has 0 spiro atoms. The van der Waals surface area contributed by atoms with Crippen molar-refractivity contribution in [3.05, 3.63) is 57.8 Å². The Kier molecular flexibility index (Phi) is 5.25. The highest BCUT2D eigenvalue weighted by Gasteiger charge is 2.41. The molecular formula is C21H23Cl2N3O2. The van der Waals surface area contributed by atoms with Gasteiger partial charge in [0.2, 0.25) is 0 Å². The lowest BCUT2D eigenvalue weighted by molar-refractivity contribution is -0.174. The minimum atomic E-state index is -0.360. The predicted molar refractivity (Wildman–Crippen MR) is 111 cm³/mol. The molecule has 0 radical (unpaired) electrons. The van der Waals surface area contributed by atoms with Crippen LogP contribution in [0.25, 0.3) is 0 Å². The number of rotatable bonds is 5. The molecule has 2 fully saturated rings. The third-order valence-corrected chi connectivity index (χ3v) is 5.96. The summed E-state index contributed by atoms with van der Waals surface area (Å²) in [4.78, 5) is 20.2. The number of para-hydroxylation sites is 1. The van der Waals surface area contributed by atoms with Gasteiger partial charge in [-0.15, -0.1) is 0 Å². The number of carbonyl (C=O) groups is 1. The molecule has 0 saturated carbocycles. The summed E-state index contributed by atoms with van der Waals surface area (Å²) in [5.74, 6) is 0.211. The summed E-state index contributed by atoms with van der Waals surface area (Å²) < 4.78 is 5.35. The highest BCUT2D eigenvalue weighted by molar-refractivity contribution is 6.39. The molecule has 5 nitrogen and oxygen atoms in total. The summed E-state index contributed by atoms with van der Waals surface area (Å²) in [7, 11) is 0. The van der Waals surface area contributed by atoms with Gasteiger partial charge in [-0.05, 0) is 30.7 Å². The molecule has 7 heteroatoms. The van der Waals surface area contributed by atoms with Crippen LogP contribution in [0, 0.1) is 0 Å². The summed E-state index contributed by atoms with van der Waals surface area (Å²) in [5.41, 5.74) is 2.82. The molecule has 0 amide bonds. The Labute approximate surface area is 175 Å². The molecule has 28 heavy (non-hydrogen) atoms. The Morgan fingerprint density at radius 2 is 1.89 bits per heavy atom. The fraction of sp³-hybridized carbons (Fsp3) is 0.429. The number of ether oxygens (including phenoxy) is 1. The smallest absolute Gasteiger partial charge is 0.303 e. The van der Waals surface area contributed by atoms with Gasteiger partial charge in [0, 0.05) is 51.8 Å². The van der Waals surface area contributed by atoms with Crippen LogP contribution in [-0.2, 0) is 16.1 Å². The Morgan fingerprint density at radius 1 is 1.21 bits per heavy atom. The van der Waals surface area contributed by atoms with Gasteiger partial charge in [0.05, 0.1) is 21.4 Å². The van der Waals surface area contributed by atoms with Gasteiger partial charge < -0.3 is 9.64 Å². The van der Waals surface area contributed by atoms with Crippen molar-refractivity contribution < 1.29 is 9.53 Å². The lowest BCUT2D eigenvalue weighted by atomic mass is 9.91. The molecule has 0 N–H and O–H groups in total. The molecule has 2 aromatic rings. The largest absolute Gasteiger partial charge is 0.457 e. The number of halogens is 2. The monoisotopic (exact) mass is 419 g/mol. The summed E-state index contributed by atoms with van der Waals surface area (Å²) in [6, 6.07) is 9.84. The Hall–Kier alpha value is -1.82. The van der Waals surface area contributed by atoms with Crippen LogP contribution in [-0.4, -0.2) is 47.6 Å². The van der Waals surface area contributed by atoms with Crippen molar-refractivity contribution in [1.82, 2.24) is 9.88 Å².